The van der Waals surface area contributed by atoms with E-state index in [1.165, 1.54) is 11.3 Å². The molecule has 0 radical (unpaired) electrons. The fraction of sp³-hybridized carbons (Fsp3) is 0.273. The molecule has 0 amide bonds. The molecule has 9 nitrogen and oxygen atoms in total. The van der Waals surface area contributed by atoms with Crippen molar-refractivity contribution >= 4 is 34.0 Å². The summed E-state index contributed by atoms with van der Waals surface area (Å²) in [5.41, 5.74) is 2.99. The van der Waals surface area contributed by atoms with Crippen molar-refractivity contribution in [2.24, 2.45) is 7.05 Å². The van der Waals surface area contributed by atoms with Crippen LogP contribution in [0.1, 0.15) is 28.9 Å². The number of ether oxygens (including phenoxy) is 1. The zero-order valence-electron chi connectivity index (χ0n) is 18.6. The van der Waals surface area contributed by atoms with E-state index < -0.39 is 12.7 Å². The third kappa shape index (κ3) is 5.17. The molecule has 4 aromatic heterocycles. The van der Waals surface area contributed by atoms with Crippen LogP contribution in [-0.4, -0.2) is 41.6 Å². The van der Waals surface area contributed by atoms with Crippen LogP contribution in [0.25, 0.3) is 0 Å². The Morgan fingerprint density at radius 1 is 1.24 bits per heavy atom. The van der Waals surface area contributed by atoms with Crippen LogP contribution in [0.4, 0.5) is 10.9 Å². The number of aliphatic hydroxyl groups is 2. The van der Waals surface area contributed by atoms with E-state index in [-0.39, 0.29) is 0 Å². The molecule has 0 aromatic carbocycles. The van der Waals surface area contributed by atoms with Crippen molar-refractivity contribution in [1.29, 1.82) is 0 Å². The standard InChI is InChI=1S/C22H24N6O3S2/c1-12-19(6-5-7-23-12)33-15-8-18(31-20-13(2)27-28(4)14(20)3)21(24-9-15)26-22-25-16(11-32-22)17(30)10-29/h5-9,11,17,29-30H,10H2,1-4H3,(H,24,25,26). The average Bonchev–Trinajstić information content (AvgIpc) is 3.36. The van der Waals surface area contributed by atoms with Crippen LogP contribution < -0.4 is 10.1 Å². The molecule has 3 N–H and O–H groups in total. The van der Waals surface area contributed by atoms with Crippen molar-refractivity contribution < 1.29 is 14.9 Å². The van der Waals surface area contributed by atoms with Crippen LogP contribution >= 0.6 is 23.1 Å². The highest BCUT2D eigenvalue weighted by Crippen LogP contribution is 2.38. The van der Waals surface area contributed by atoms with E-state index >= 15 is 0 Å². The Morgan fingerprint density at radius 2 is 2.06 bits per heavy atom. The van der Waals surface area contributed by atoms with Crippen molar-refractivity contribution in [2.45, 2.75) is 36.7 Å². The van der Waals surface area contributed by atoms with Gasteiger partial charge in [-0.05, 0) is 32.9 Å². The van der Waals surface area contributed by atoms with Gasteiger partial charge >= 0.3 is 0 Å². The second-order valence-corrected chi connectivity index (χ2v) is 9.31. The van der Waals surface area contributed by atoms with E-state index in [1.807, 2.05) is 46.0 Å². The predicted molar refractivity (Wildman–Crippen MR) is 128 cm³/mol. The van der Waals surface area contributed by atoms with Gasteiger partial charge in [-0.3, -0.25) is 9.67 Å². The lowest BCUT2D eigenvalue weighted by Gasteiger charge is -2.13. The quantitative estimate of drug-likeness (QED) is 0.336. The Kier molecular flexibility index (Phi) is 6.94. The van der Waals surface area contributed by atoms with Crippen LogP contribution in [0.5, 0.6) is 11.5 Å². The molecule has 1 unspecified atom stereocenters. The van der Waals surface area contributed by atoms with Gasteiger partial charge in [-0.15, -0.1) is 11.3 Å². The normalized spacial score (nSPS) is 12.1. The smallest absolute Gasteiger partial charge is 0.188 e. The minimum absolute atomic E-state index is 0.394. The highest BCUT2D eigenvalue weighted by molar-refractivity contribution is 7.99. The van der Waals surface area contributed by atoms with Gasteiger partial charge in [-0.2, -0.15) is 5.10 Å². The minimum Gasteiger partial charge on any atom is -0.450 e. The molecule has 4 rings (SSSR count). The lowest BCUT2D eigenvalue weighted by atomic mass is 10.3. The molecule has 0 aliphatic rings. The Labute approximate surface area is 199 Å². The molecule has 11 heteroatoms. The molecule has 1 atom stereocenters. The van der Waals surface area contributed by atoms with Gasteiger partial charge in [-0.1, -0.05) is 11.8 Å². The Bertz CT molecular complexity index is 1270. The monoisotopic (exact) mass is 484 g/mol. The number of aromatic nitrogens is 5. The molecule has 0 spiro atoms. The van der Waals surface area contributed by atoms with Gasteiger partial charge in [0.1, 0.15) is 11.8 Å². The van der Waals surface area contributed by atoms with Crippen LogP contribution in [0.15, 0.2) is 45.8 Å². The molecular weight excluding hydrogens is 460 g/mol. The fourth-order valence-electron chi connectivity index (χ4n) is 3.06. The van der Waals surface area contributed by atoms with Crippen molar-refractivity contribution in [3.63, 3.8) is 0 Å². The summed E-state index contributed by atoms with van der Waals surface area (Å²) in [4.78, 5) is 15.2. The van der Waals surface area contributed by atoms with Crippen molar-refractivity contribution in [1.82, 2.24) is 24.7 Å². The first kappa shape index (κ1) is 23.2. The summed E-state index contributed by atoms with van der Waals surface area (Å²) in [5, 5.41) is 28.8. The molecular formula is C22H24N6O3S2. The molecule has 33 heavy (non-hydrogen) atoms. The third-order valence-electron chi connectivity index (χ3n) is 4.93. The molecule has 0 saturated carbocycles. The molecule has 0 aliphatic heterocycles. The maximum absolute atomic E-state index is 9.83. The number of hydrogen-bond donors (Lipinski definition) is 3. The van der Waals surface area contributed by atoms with Gasteiger partial charge < -0.3 is 20.3 Å². The molecule has 0 bridgehead atoms. The summed E-state index contributed by atoms with van der Waals surface area (Å²) in [6, 6.07) is 5.83. The summed E-state index contributed by atoms with van der Waals surface area (Å²) >= 11 is 2.85. The van der Waals surface area contributed by atoms with Gasteiger partial charge in [0, 0.05) is 40.7 Å². The number of rotatable bonds is 8. The number of anilines is 2. The zero-order valence-corrected chi connectivity index (χ0v) is 20.2. The number of nitrogens with zero attached hydrogens (tertiary/aromatic N) is 5. The first-order valence-corrected chi connectivity index (χ1v) is 11.8. The molecule has 4 heterocycles. The maximum atomic E-state index is 9.83. The van der Waals surface area contributed by atoms with Crippen LogP contribution in [0.2, 0.25) is 0 Å². The number of nitrogens with one attached hydrogen (secondary N) is 1. The topological polar surface area (TPSA) is 118 Å². The average molecular weight is 485 g/mol. The number of aryl methyl sites for hydroxylation is 3. The summed E-state index contributed by atoms with van der Waals surface area (Å²) < 4.78 is 8.07. The van der Waals surface area contributed by atoms with Gasteiger partial charge in [-0.25, -0.2) is 9.97 Å². The largest absolute Gasteiger partial charge is 0.450 e. The zero-order chi connectivity index (χ0) is 23.5. The maximum Gasteiger partial charge on any atom is 0.188 e. The van der Waals surface area contributed by atoms with E-state index in [0.29, 0.717) is 28.1 Å². The Hall–Kier alpha value is -2.99. The molecule has 0 saturated heterocycles. The third-order valence-corrected chi connectivity index (χ3v) is 6.82. The van der Waals surface area contributed by atoms with E-state index in [0.717, 1.165) is 26.9 Å². The lowest BCUT2D eigenvalue weighted by molar-refractivity contribution is 0.0928. The van der Waals surface area contributed by atoms with Gasteiger partial charge in [0.05, 0.1) is 23.7 Å². The van der Waals surface area contributed by atoms with Crippen LogP contribution in [-0.2, 0) is 7.05 Å². The first-order valence-electron chi connectivity index (χ1n) is 10.1. The molecule has 4 aromatic rings. The van der Waals surface area contributed by atoms with Crippen molar-refractivity contribution in [2.75, 3.05) is 11.9 Å². The van der Waals surface area contributed by atoms with E-state index in [9.17, 15) is 5.11 Å². The first-order chi connectivity index (χ1) is 15.9. The molecule has 172 valence electrons. The SMILES string of the molecule is Cc1ncccc1Sc1cnc(Nc2nc(C(O)CO)cs2)c(Oc2c(C)nn(C)c2C)c1. The number of aliphatic hydroxyl groups excluding tert-OH is 2. The van der Waals surface area contributed by atoms with Crippen LogP contribution in [0.3, 0.4) is 0 Å². The van der Waals surface area contributed by atoms with E-state index in [4.69, 9.17) is 9.84 Å². The second kappa shape index (κ2) is 9.87. The lowest BCUT2D eigenvalue weighted by Crippen LogP contribution is -2.03. The summed E-state index contributed by atoms with van der Waals surface area (Å²) in [6.45, 7) is 5.40. The molecule has 0 fully saturated rings. The fourth-order valence-corrected chi connectivity index (χ4v) is 4.69. The highest BCUT2D eigenvalue weighted by atomic mass is 32.2. The van der Waals surface area contributed by atoms with Crippen molar-refractivity contribution in [3.8, 4) is 11.5 Å². The van der Waals surface area contributed by atoms with Gasteiger partial charge in [0.15, 0.2) is 22.4 Å². The number of hydrogen-bond acceptors (Lipinski definition) is 10. The Balaban J connectivity index is 1.68. The summed E-state index contributed by atoms with van der Waals surface area (Å²) in [5.74, 6) is 1.65. The van der Waals surface area contributed by atoms with Crippen molar-refractivity contribution in [3.05, 3.63) is 58.7 Å². The molecule has 0 aliphatic carbocycles. The summed E-state index contributed by atoms with van der Waals surface area (Å²) in [6.07, 6.45) is 2.50. The summed E-state index contributed by atoms with van der Waals surface area (Å²) in [7, 11) is 1.87. The minimum atomic E-state index is -1.03. The highest BCUT2D eigenvalue weighted by Gasteiger charge is 2.18. The van der Waals surface area contributed by atoms with Gasteiger partial charge in [0.25, 0.3) is 0 Å². The second-order valence-electron chi connectivity index (χ2n) is 7.33. The van der Waals surface area contributed by atoms with E-state index in [1.54, 1.807) is 34.2 Å². The van der Waals surface area contributed by atoms with E-state index in [2.05, 4.69) is 25.4 Å². The predicted octanol–water partition coefficient (Wildman–Crippen LogP) is 4.30. The Morgan fingerprint density at radius 3 is 2.76 bits per heavy atom. The number of thiazole rings is 1. The van der Waals surface area contributed by atoms with Gasteiger partial charge in [0.2, 0.25) is 0 Å². The number of pyridine rings is 2. The van der Waals surface area contributed by atoms with Crippen LogP contribution in [0, 0.1) is 20.8 Å².